The highest BCUT2D eigenvalue weighted by Gasteiger charge is 2.35. The average molecular weight is 387 g/mol. The predicted molar refractivity (Wildman–Crippen MR) is 117 cm³/mol. The van der Waals surface area contributed by atoms with Gasteiger partial charge in [-0.3, -0.25) is 9.69 Å². The molecule has 0 aliphatic carbocycles. The summed E-state index contributed by atoms with van der Waals surface area (Å²) in [6.45, 7) is 13.1. The fourth-order valence-corrected chi connectivity index (χ4v) is 5.08. The molecular weight excluding hydrogens is 360 g/mol. The quantitative estimate of drug-likeness (QED) is 0.409. The third kappa shape index (κ3) is 3.23. The molecule has 1 aromatic carbocycles. The van der Waals surface area contributed by atoms with E-state index in [1.165, 1.54) is 28.6 Å². The largest absolute Gasteiger partial charge is 0.369 e. The van der Waals surface area contributed by atoms with Gasteiger partial charge < -0.3 is 4.90 Å². The molecular formula is C21H26N2OS2. The van der Waals surface area contributed by atoms with E-state index in [2.05, 4.69) is 58.4 Å². The molecule has 1 atom stereocenters. The van der Waals surface area contributed by atoms with Gasteiger partial charge in [0.25, 0.3) is 5.91 Å². The van der Waals surface area contributed by atoms with Gasteiger partial charge in [0.05, 0.1) is 4.91 Å². The standard InChI is InChI=1S/C21H26N2OS2/c1-7-8-23-19(24)18(26-20(23)25)11-15-10-16-14(3)12-21(4,5)22(6)17(16)9-13(15)2/h7,9-11,14H,1,8,12H2,2-6H3/b18-11-/t14-/m1/s1. The number of hydrogen-bond acceptors (Lipinski definition) is 4. The van der Waals surface area contributed by atoms with Crippen molar-refractivity contribution in [2.75, 3.05) is 18.5 Å². The molecule has 1 amide bonds. The molecule has 3 rings (SSSR count). The van der Waals surface area contributed by atoms with Crippen molar-refractivity contribution in [1.29, 1.82) is 0 Å². The second kappa shape index (κ2) is 6.86. The number of amides is 1. The summed E-state index contributed by atoms with van der Waals surface area (Å²) in [7, 11) is 2.17. The van der Waals surface area contributed by atoms with Gasteiger partial charge in [0.2, 0.25) is 0 Å². The van der Waals surface area contributed by atoms with E-state index in [1.807, 2.05) is 6.08 Å². The van der Waals surface area contributed by atoms with Crippen LogP contribution in [-0.2, 0) is 4.79 Å². The van der Waals surface area contributed by atoms with Crippen molar-refractivity contribution in [1.82, 2.24) is 4.90 Å². The molecule has 5 heteroatoms. The SMILES string of the molecule is C=CCN1C(=O)/C(=C/c2cc3c(cc2C)N(C)C(C)(C)C[C@H]3C)SC1=S. The minimum atomic E-state index is -0.0247. The maximum absolute atomic E-state index is 12.6. The fraction of sp³-hybridized carbons (Fsp3) is 0.429. The summed E-state index contributed by atoms with van der Waals surface area (Å²) in [5, 5.41) is 0. The van der Waals surface area contributed by atoms with Crippen molar-refractivity contribution in [3.8, 4) is 0 Å². The van der Waals surface area contributed by atoms with Gasteiger partial charge in [-0.1, -0.05) is 37.0 Å². The Labute approximate surface area is 166 Å². The first kappa shape index (κ1) is 19.2. The van der Waals surface area contributed by atoms with E-state index >= 15 is 0 Å². The van der Waals surface area contributed by atoms with Crippen LogP contribution in [0.2, 0.25) is 0 Å². The third-order valence-corrected chi connectivity index (χ3v) is 6.87. The lowest BCUT2D eigenvalue weighted by Crippen LogP contribution is -2.45. The maximum atomic E-state index is 12.6. The van der Waals surface area contributed by atoms with Crippen molar-refractivity contribution >= 4 is 46.0 Å². The highest BCUT2D eigenvalue weighted by Crippen LogP contribution is 2.44. The van der Waals surface area contributed by atoms with Gasteiger partial charge in [0.1, 0.15) is 4.32 Å². The number of carbonyl (C=O) groups is 1. The van der Waals surface area contributed by atoms with E-state index in [4.69, 9.17) is 12.2 Å². The summed E-state index contributed by atoms with van der Waals surface area (Å²) in [5.41, 5.74) is 5.07. The Balaban J connectivity index is 2.01. The van der Waals surface area contributed by atoms with Gasteiger partial charge >= 0.3 is 0 Å². The summed E-state index contributed by atoms with van der Waals surface area (Å²) in [6, 6.07) is 4.50. The number of thiocarbonyl (C=S) groups is 1. The Morgan fingerprint density at radius 3 is 2.77 bits per heavy atom. The first-order valence-electron chi connectivity index (χ1n) is 8.90. The maximum Gasteiger partial charge on any atom is 0.266 e. The zero-order valence-electron chi connectivity index (χ0n) is 16.1. The van der Waals surface area contributed by atoms with Crippen LogP contribution < -0.4 is 4.90 Å². The summed E-state index contributed by atoms with van der Waals surface area (Å²) < 4.78 is 0.603. The molecule has 2 aliphatic rings. The van der Waals surface area contributed by atoms with Crippen molar-refractivity contribution in [2.45, 2.75) is 45.6 Å². The number of thioether (sulfide) groups is 1. The molecule has 3 nitrogen and oxygen atoms in total. The average Bonchev–Trinajstić information content (AvgIpc) is 2.82. The van der Waals surface area contributed by atoms with Gasteiger partial charge in [-0.2, -0.15) is 0 Å². The van der Waals surface area contributed by atoms with E-state index in [0.717, 1.165) is 12.0 Å². The zero-order chi connectivity index (χ0) is 19.2. The second-order valence-electron chi connectivity index (χ2n) is 7.83. The third-order valence-electron chi connectivity index (χ3n) is 5.49. The predicted octanol–water partition coefficient (Wildman–Crippen LogP) is 5.10. The van der Waals surface area contributed by atoms with Crippen LogP contribution in [-0.4, -0.2) is 34.3 Å². The first-order valence-corrected chi connectivity index (χ1v) is 10.1. The molecule has 0 unspecified atom stereocenters. The van der Waals surface area contributed by atoms with Crippen LogP contribution in [0, 0.1) is 6.92 Å². The molecule has 138 valence electrons. The molecule has 0 N–H and O–H groups in total. The number of aryl methyl sites for hydroxylation is 1. The number of rotatable bonds is 3. The van der Waals surface area contributed by atoms with Gasteiger partial charge in [0.15, 0.2) is 0 Å². The van der Waals surface area contributed by atoms with E-state index in [0.29, 0.717) is 21.7 Å². The Hall–Kier alpha value is -1.59. The lowest BCUT2D eigenvalue weighted by molar-refractivity contribution is -0.121. The molecule has 1 fully saturated rings. The molecule has 0 aromatic heterocycles. The lowest BCUT2D eigenvalue weighted by Gasteiger charge is -2.45. The highest BCUT2D eigenvalue weighted by molar-refractivity contribution is 8.26. The fourth-order valence-electron chi connectivity index (χ4n) is 3.82. The number of carbonyl (C=O) groups excluding carboxylic acids is 1. The van der Waals surface area contributed by atoms with E-state index in [-0.39, 0.29) is 11.4 Å². The number of nitrogens with zero attached hydrogens (tertiary/aromatic N) is 2. The van der Waals surface area contributed by atoms with Crippen LogP contribution in [0.4, 0.5) is 5.69 Å². The molecule has 0 radical (unpaired) electrons. The van der Waals surface area contributed by atoms with Gasteiger partial charge in [-0.05, 0) is 68.0 Å². The number of fused-ring (bicyclic) bond motifs is 1. The monoisotopic (exact) mass is 386 g/mol. The van der Waals surface area contributed by atoms with Crippen molar-refractivity contribution in [2.24, 2.45) is 0 Å². The van der Waals surface area contributed by atoms with Crippen LogP contribution in [0.25, 0.3) is 6.08 Å². The lowest BCUT2D eigenvalue weighted by atomic mass is 9.79. The van der Waals surface area contributed by atoms with E-state index in [9.17, 15) is 4.79 Å². The smallest absolute Gasteiger partial charge is 0.266 e. The second-order valence-corrected chi connectivity index (χ2v) is 9.50. The van der Waals surface area contributed by atoms with Crippen molar-refractivity contribution in [3.63, 3.8) is 0 Å². The summed E-state index contributed by atoms with van der Waals surface area (Å²) in [6.07, 6.45) is 4.81. The first-order chi connectivity index (χ1) is 12.2. The van der Waals surface area contributed by atoms with Crippen molar-refractivity contribution in [3.05, 3.63) is 46.4 Å². The Kier molecular flexibility index (Phi) is 5.06. The minimum absolute atomic E-state index is 0.0247. The number of anilines is 1. The molecule has 1 saturated heterocycles. The van der Waals surface area contributed by atoms with Crippen LogP contribution in [0.1, 0.15) is 49.8 Å². The van der Waals surface area contributed by atoms with Crippen LogP contribution in [0.3, 0.4) is 0 Å². The summed E-state index contributed by atoms with van der Waals surface area (Å²) >= 11 is 6.71. The van der Waals surface area contributed by atoms with Crippen LogP contribution in [0.15, 0.2) is 29.7 Å². The Bertz CT molecular complexity index is 826. The van der Waals surface area contributed by atoms with Crippen molar-refractivity contribution < 1.29 is 4.79 Å². The molecule has 0 bridgehead atoms. The molecule has 0 saturated carbocycles. The normalized spacial score (nSPS) is 23.6. The molecule has 26 heavy (non-hydrogen) atoms. The van der Waals surface area contributed by atoms with Crippen LogP contribution in [0.5, 0.6) is 0 Å². The summed E-state index contributed by atoms with van der Waals surface area (Å²) in [4.78, 5) is 17.3. The minimum Gasteiger partial charge on any atom is -0.369 e. The van der Waals surface area contributed by atoms with Gasteiger partial charge in [-0.15, -0.1) is 6.58 Å². The molecule has 2 heterocycles. The van der Waals surface area contributed by atoms with E-state index < -0.39 is 0 Å². The summed E-state index contributed by atoms with van der Waals surface area (Å²) in [5.74, 6) is 0.461. The van der Waals surface area contributed by atoms with Crippen LogP contribution >= 0.6 is 24.0 Å². The van der Waals surface area contributed by atoms with E-state index in [1.54, 1.807) is 11.0 Å². The molecule has 2 aliphatic heterocycles. The number of hydrogen-bond donors (Lipinski definition) is 0. The highest BCUT2D eigenvalue weighted by atomic mass is 32.2. The van der Waals surface area contributed by atoms with Gasteiger partial charge in [0, 0.05) is 24.8 Å². The zero-order valence-corrected chi connectivity index (χ0v) is 17.8. The number of benzene rings is 1. The Morgan fingerprint density at radius 1 is 1.42 bits per heavy atom. The molecule has 1 aromatic rings. The topological polar surface area (TPSA) is 23.6 Å². The Morgan fingerprint density at radius 2 is 2.12 bits per heavy atom. The van der Waals surface area contributed by atoms with Gasteiger partial charge in [-0.25, -0.2) is 0 Å². The molecule has 0 spiro atoms.